The lowest BCUT2D eigenvalue weighted by Crippen LogP contribution is -2.15. The standard InChI is InChI=1S/C14H11F2NO2/c15-10-5-6-11(16)12(8-10)17-14(19)7-9-3-1-2-4-13(9)18/h1-6,8,18H,7H2,(H,17,19). The smallest absolute Gasteiger partial charge is 0.229 e. The van der Waals surface area contributed by atoms with Crippen LogP contribution in [0.4, 0.5) is 14.5 Å². The first-order valence-corrected chi connectivity index (χ1v) is 5.58. The zero-order valence-corrected chi connectivity index (χ0v) is 9.86. The van der Waals surface area contributed by atoms with E-state index in [9.17, 15) is 18.7 Å². The predicted octanol–water partition coefficient (Wildman–Crippen LogP) is 2.85. The second-order valence-electron chi connectivity index (χ2n) is 3.98. The molecule has 2 aromatic rings. The lowest BCUT2D eigenvalue weighted by molar-refractivity contribution is -0.115. The van der Waals surface area contributed by atoms with E-state index in [0.29, 0.717) is 5.56 Å². The van der Waals surface area contributed by atoms with Gasteiger partial charge in [0, 0.05) is 11.6 Å². The first-order chi connectivity index (χ1) is 9.06. The number of anilines is 1. The number of phenols is 1. The largest absolute Gasteiger partial charge is 0.508 e. The van der Waals surface area contributed by atoms with Gasteiger partial charge in [-0.25, -0.2) is 8.78 Å². The highest BCUT2D eigenvalue weighted by Gasteiger charge is 2.10. The average molecular weight is 263 g/mol. The van der Waals surface area contributed by atoms with Crippen molar-refractivity contribution in [3.05, 3.63) is 59.7 Å². The number of nitrogens with one attached hydrogen (secondary N) is 1. The van der Waals surface area contributed by atoms with E-state index in [1.807, 2.05) is 0 Å². The molecule has 0 aromatic heterocycles. The summed E-state index contributed by atoms with van der Waals surface area (Å²) in [7, 11) is 0. The van der Waals surface area contributed by atoms with Crippen LogP contribution in [0.5, 0.6) is 5.75 Å². The minimum absolute atomic E-state index is 0.0163. The molecule has 0 fully saturated rings. The molecule has 0 spiro atoms. The summed E-state index contributed by atoms with van der Waals surface area (Å²) in [5, 5.41) is 11.8. The van der Waals surface area contributed by atoms with Crippen LogP contribution in [0.2, 0.25) is 0 Å². The molecule has 5 heteroatoms. The first kappa shape index (κ1) is 13.0. The topological polar surface area (TPSA) is 49.3 Å². The number of aromatic hydroxyl groups is 1. The van der Waals surface area contributed by atoms with E-state index in [1.54, 1.807) is 18.2 Å². The zero-order chi connectivity index (χ0) is 13.8. The van der Waals surface area contributed by atoms with Gasteiger partial charge in [0.2, 0.25) is 5.91 Å². The fourth-order valence-corrected chi connectivity index (χ4v) is 1.62. The molecule has 2 rings (SSSR count). The molecule has 0 radical (unpaired) electrons. The summed E-state index contributed by atoms with van der Waals surface area (Å²) in [6.07, 6.45) is -0.122. The number of carbonyl (C=O) groups excluding carboxylic acids is 1. The monoisotopic (exact) mass is 263 g/mol. The number of rotatable bonds is 3. The van der Waals surface area contributed by atoms with Gasteiger partial charge in [0.15, 0.2) is 0 Å². The van der Waals surface area contributed by atoms with Gasteiger partial charge in [-0.3, -0.25) is 4.79 Å². The van der Waals surface area contributed by atoms with Crippen molar-refractivity contribution in [1.82, 2.24) is 0 Å². The third-order valence-electron chi connectivity index (χ3n) is 2.55. The van der Waals surface area contributed by atoms with Crippen molar-refractivity contribution in [2.45, 2.75) is 6.42 Å². The van der Waals surface area contributed by atoms with Crippen LogP contribution in [0.15, 0.2) is 42.5 Å². The van der Waals surface area contributed by atoms with Crippen LogP contribution in [0.1, 0.15) is 5.56 Å². The summed E-state index contributed by atoms with van der Waals surface area (Å²) in [4.78, 5) is 11.7. The Kier molecular flexibility index (Phi) is 3.75. The number of carbonyl (C=O) groups is 1. The van der Waals surface area contributed by atoms with E-state index >= 15 is 0 Å². The molecule has 0 saturated heterocycles. The molecule has 0 aliphatic carbocycles. The molecule has 0 heterocycles. The predicted molar refractivity (Wildman–Crippen MR) is 66.8 cm³/mol. The van der Waals surface area contributed by atoms with E-state index in [0.717, 1.165) is 18.2 Å². The van der Waals surface area contributed by atoms with Crippen LogP contribution in [0.25, 0.3) is 0 Å². The highest BCUT2D eigenvalue weighted by atomic mass is 19.1. The molecule has 2 aromatic carbocycles. The highest BCUT2D eigenvalue weighted by Crippen LogP contribution is 2.18. The average Bonchev–Trinajstić information content (AvgIpc) is 2.37. The third-order valence-corrected chi connectivity index (χ3v) is 2.55. The zero-order valence-electron chi connectivity index (χ0n) is 9.86. The third kappa shape index (κ3) is 3.28. The molecular formula is C14H11F2NO2. The summed E-state index contributed by atoms with van der Waals surface area (Å²) < 4.78 is 26.2. The number of benzene rings is 2. The molecule has 2 N–H and O–H groups in total. The molecule has 0 unspecified atom stereocenters. The van der Waals surface area contributed by atoms with Crippen LogP contribution in [0.3, 0.4) is 0 Å². The maximum Gasteiger partial charge on any atom is 0.229 e. The molecule has 0 aliphatic heterocycles. The molecular weight excluding hydrogens is 252 g/mol. The normalized spacial score (nSPS) is 10.2. The van der Waals surface area contributed by atoms with Gasteiger partial charge < -0.3 is 10.4 Å². The molecule has 0 aliphatic rings. The number of para-hydroxylation sites is 1. The first-order valence-electron chi connectivity index (χ1n) is 5.58. The molecule has 98 valence electrons. The van der Waals surface area contributed by atoms with Gasteiger partial charge in [0.1, 0.15) is 17.4 Å². The van der Waals surface area contributed by atoms with Crippen LogP contribution in [-0.4, -0.2) is 11.0 Å². The van der Waals surface area contributed by atoms with Gasteiger partial charge in [-0.15, -0.1) is 0 Å². The Labute approximate surface area is 108 Å². The number of hydrogen-bond acceptors (Lipinski definition) is 2. The second kappa shape index (κ2) is 5.48. The Balaban J connectivity index is 2.10. The Morgan fingerprint density at radius 2 is 1.89 bits per heavy atom. The number of hydrogen-bond donors (Lipinski definition) is 2. The molecule has 0 saturated carbocycles. The van der Waals surface area contributed by atoms with Crippen molar-refractivity contribution in [2.24, 2.45) is 0 Å². The van der Waals surface area contributed by atoms with Gasteiger partial charge >= 0.3 is 0 Å². The Morgan fingerprint density at radius 3 is 2.63 bits per heavy atom. The van der Waals surface area contributed by atoms with E-state index in [1.165, 1.54) is 6.07 Å². The highest BCUT2D eigenvalue weighted by molar-refractivity contribution is 5.92. The van der Waals surface area contributed by atoms with Crippen LogP contribution in [-0.2, 0) is 11.2 Å². The van der Waals surface area contributed by atoms with Gasteiger partial charge in [0.25, 0.3) is 0 Å². The number of amides is 1. The lowest BCUT2D eigenvalue weighted by Gasteiger charge is -2.07. The SMILES string of the molecule is O=C(Cc1ccccc1O)Nc1cc(F)ccc1F. The summed E-state index contributed by atoms with van der Waals surface area (Å²) in [6.45, 7) is 0. The summed E-state index contributed by atoms with van der Waals surface area (Å²) in [5.41, 5.74) is 0.192. The number of halogens is 2. The minimum Gasteiger partial charge on any atom is -0.508 e. The Hall–Kier alpha value is -2.43. The molecule has 0 atom stereocenters. The summed E-state index contributed by atoms with van der Waals surface area (Å²) >= 11 is 0. The maximum atomic E-state index is 13.3. The van der Waals surface area contributed by atoms with Gasteiger partial charge in [-0.2, -0.15) is 0 Å². The van der Waals surface area contributed by atoms with Crippen molar-refractivity contribution in [1.29, 1.82) is 0 Å². The van der Waals surface area contributed by atoms with Crippen LogP contribution >= 0.6 is 0 Å². The van der Waals surface area contributed by atoms with E-state index in [-0.39, 0.29) is 17.9 Å². The fourth-order valence-electron chi connectivity index (χ4n) is 1.62. The van der Waals surface area contributed by atoms with E-state index in [4.69, 9.17) is 0 Å². The quantitative estimate of drug-likeness (QED) is 0.894. The second-order valence-corrected chi connectivity index (χ2v) is 3.98. The summed E-state index contributed by atoms with van der Waals surface area (Å²) in [5.74, 6) is -1.91. The van der Waals surface area contributed by atoms with E-state index in [2.05, 4.69) is 5.32 Å². The Morgan fingerprint density at radius 1 is 1.16 bits per heavy atom. The van der Waals surface area contributed by atoms with Crippen LogP contribution < -0.4 is 5.32 Å². The maximum absolute atomic E-state index is 13.3. The van der Waals surface area contributed by atoms with Crippen LogP contribution in [0, 0.1) is 11.6 Å². The molecule has 0 bridgehead atoms. The van der Waals surface area contributed by atoms with Crippen molar-refractivity contribution >= 4 is 11.6 Å². The minimum atomic E-state index is -0.716. The van der Waals surface area contributed by atoms with Gasteiger partial charge in [-0.05, 0) is 18.2 Å². The van der Waals surface area contributed by atoms with E-state index < -0.39 is 17.5 Å². The van der Waals surface area contributed by atoms with Crippen molar-refractivity contribution in [3.63, 3.8) is 0 Å². The Bertz CT molecular complexity index is 614. The fraction of sp³-hybridized carbons (Fsp3) is 0.0714. The van der Waals surface area contributed by atoms with Crippen molar-refractivity contribution in [3.8, 4) is 5.75 Å². The van der Waals surface area contributed by atoms with Crippen molar-refractivity contribution < 1.29 is 18.7 Å². The van der Waals surface area contributed by atoms with Gasteiger partial charge in [-0.1, -0.05) is 18.2 Å². The lowest BCUT2D eigenvalue weighted by atomic mass is 10.1. The molecule has 3 nitrogen and oxygen atoms in total. The molecule has 19 heavy (non-hydrogen) atoms. The number of phenolic OH excluding ortho intramolecular Hbond substituents is 1. The molecule has 1 amide bonds. The van der Waals surface area contributed by atoms with Crippen molar-refractivity contribution in [2.75, 3.05) is 5.32 Å². The van der Waals surface area contributed by atoms with Gasteiger partial charge in [0.05, 0.1) is 12.1 Å². The summed E-state index contributed by atoms with van der Waals surface area (Å²) in [6, 6.07) is 9.13.